The van der Waals surface area contributed by atoms with Crippen LogP contribution in [0, 0.1) is 0 Å². The van der Waals surface area contributed by atoms with E-state index in [1.807, 2.05) is 67.6 Å². The van der Waals surface area contributed by atoms with Crippen LogP contribution in [0.5, 0.6) is 0 Å². The Balaban J connectivity index is 1.85. The Hall–Kier alpha value is -2.62. The van der Waals surface area contributed by atoms with Gasteiger partial charge < -0.3 is 10.2 Å². The highest BCUT2D eigenvalue weighted by atomic mass is 16.2. The first kappa shape index (κ1) is 22.1. The van der Waals surface area contributed by atoms with Gasteiger partial charge in [-0.1, -0.05) is 86.8 Å². The van der Waals surface area contributed by atoms with E-state index in [0.717, 1.165) is 43.2 Å². The molecule has 2 amide bonds. The van der Waals surface area contributed by atoms with Crippen molar-refractivity contribution in [2.75, 3.05) is 0 Å². The van der Waals surface area contributed by atoms with Gasteiger partial charge >= 0.3 is 0 Å². The van der Waals surface area contributed by atoms with Gasteiger partial charge in [0.25, 0.3) is 0 Å². The fraction of sp³-hybridized carbons (Fsp3) is 0.462. The molecule has 160 valence electrons. The summed E-state index contributed by atoms with van der Waals surface area (Å²) in [4.78, 5) is 28.4. The number of amides is 2. The van der Waals surface area contributed by atoms with Crippen molar-refractivity contribution in [2.24, 2.45) is 0 Å². The smallest absolute Gasteiger partial charge is 0.243 e. The van der Waals surface area contributed by atoms with Gasteiger partial charge in [-0.3, -0.25) is 9.59 Å². The van der Waals surface area contributed by atoms with Crippen LogP contribution in [0.1, 0.15) is 63.0 Å². The number of hydrogen-bond acceptors (Lipinski definition) is 2. The minimum Gasteiger partial charge on any atom is -0.352 e. The van der Waals surface area contributed by atoms with E-state index in [2.05, 4.69) is 5.32 Å². The van der Waals surface area contributed by atoms with E-state index in [-0.39, 0.29) is 17.9 Å². The number of nitrogens with zero attached hydrogens (tertiary/aromatic N) is 1. The molecule has 1 fully saturated rings. The molecule has 3 rings (SSSR count). The molecule has 0 unspecified atom stereocenters. The molecule has 0 heterocycles. The van der Waals surface area contributed by atoms with Crippen LogP contribution in [0.25, 0.3) is 0 Å². The van der Waals surface area contributed by atoms with Gasteiger partial charge in [0, 0.05) is 25.4 Å². The number of hydrogen-bond donors (Lipinski definition) is 1. The average Bonchev–Trinajstić information content (AvgIpc) is 2.78. The molecule has 0 bridgehead atoms. The minimum absolute atomic E-state index is 0.0221. The normalized spacial score (nSPS) is 15.4. The van der Waals surface area contributed by atoms with Crippen molar-refractivity contribution in [3.8, 4) is 0 Å². The molecule has 1 aliphatic rings. The van der Waals surface area contributed by atoms with Crippen LogP contribution in [-0.4, -0.2) is 28.8 Å². The van der Waals surface area contributed by atoms with Crippen LogP contribution in [0.3, 0.4) is 0 Å². The summed E-state index contributed by atoms with van der Waals surface area (Å²) >= 11 is 0. The van der Waals surface area contributed by atoms with Gasteiger partial charge in [0.15, 0.2) is 0 Å². The van der Waals surface area contributed by atoms with Gasteiger partial charge in [0.2, 0.25) is 11.8 Å². The third-order valence-electron chi connectivity index (χ3n) is 5.88. The summed E-state index contributed by atoms with van der Waals surface area (Å²) in [6, 6.07) is 19.7. The van der Waals surface area contributed by atoms with Gasteiger partial charge in [-0.2, -0.15) is 0 Å². The zero-order valence-electron chi connectivity index (χ0n) is 18.1. The van der Waals surface area contributed by atoms with Crippen molar-refractivity contribution >= 4 is 11.8 Å². The maximum Gasteiger partial charge on any atom is 0.243 e. The van der Waals surface area contributed by atoms with Crippen molar-refractivity contribution in [3.63, 3.8) is 0 Å². The molecule has 4 nitrogen and oxygen atoms in total. The van der Waals surface area contributed by atoms with E-state index in [1.165, 1.54) is 6.42 Å². The maximum absolute atomic E-state index is 13.5. The van der Waals surface area contributed by atoms with E-state index in [4.69, 9.17) is 0 Å². The van der Waals surface area contributed by atoms with Crippen molar-refractivity contribution in [1.82, 2.24) is 10.2 Å². The van der Waals surface area contributed by atoms with Gasteiger partial charge in [-0.05, 0) is 30.4 Å². The van der Waals surface area contributed by atoms with Crippen molar-refractivity contribution < 1.29 is 9.59 Å². The molecular weight excluding hydrogens is 372 g/mol. The lowest BCUT2D eigenvalue weighted by atomic mass is 9.94. The van der Waals surface area contributed by atoms with Crippen LogP contribution < -0.4 is 5.32 Å². The first-order chi connectivity index (χ1) is 14.7. The maximum atomic E-state index is 13.5. The van der Waals surface area contributed by atoms with Gasteiger partial charge in [0.1, 0.15) is 6.04 Å². The third-order valence-corrected chi connectivity index (χ3v) is 5.88. The quantitative estimate of drug-likeness (QED) is 0.645. The predicted molar refractivity (Wildman–Crippen MR) is 121 cm³/mol. The van der Waals surface area contributed by atoms with Crippen molar-refractivity contribution in [2.45, 2.75) is 76.9 Å². The highest BCUT2D eigenvalue weighted by molar-refractivity contribution is 5.88. The highest BCUT2D eigenvalue weighted by Crippen LogP contribution is 2.20. The fourth-order valence-corrected chi connectivity index (χ4v) is 4.24. The summed E-state index contributed by atoms with van der Waals surface area (Å²) in [5.41, 5.74) is 2.12. The molecule has 0 spiro atoms. The minimum atomic E-state index is -0.506. The van der Waals surface area contributed by atoms with Crippen LogP contribution in [0.4, 0.5) is 0 Å². The third kappa shape index (κ3) is 6.45. The van der Waals surface area contributed by atoms with E-state index in [1.54, 1.807) is 4.90 Å². The Labute approximate surface area is 180 Å². The standard InChI is InChI=1S/C26H34N2O2/c1-2-12-25(29)28(20-22-15-8-4-9-16-22)24(19-21-13-6-3-7-14-21)26(30)27-23-17-10-5-11-18-23/h3-4,6-9,13-16,23-24H,2,5,10-12,17-20H2,1H3,(H,27,30)/t24-/m0/s1. The second-order valence-corrected chi connectivity index (χ2v) is 8.31. The Morgan fingerprint density at radius 2 is 1.53 bits per heavy atom. The van der Waals surface area contributed by atoms with Gasteiger partial charge in [-0.15, -0.1) is 0 Å². The molecule has 4 heteroatoms. The molecule has 1 aliphatic carbocycles. The van der Waals surface area contributed by atoms with Crippen LogP contribution in [0.15, 0.2) is 60.7 Å². The monoisotopic (exact) mass is 406 g/mol. The molecule has 30 heavy (non-hydrogen) atoms. The SMILES string of the molecule is CCCC(=O)N(Cc1ccccc1)[C@@H](Cc1ccccc1)C(=O)NC1CCCCC1. The number of carbonyl (C=O) groups is 2. The van der Waals surface area contributed by atoms with E-state index >= 15 is 0 Å². The van der Waals surface area contributed by atoms with Crippen molar-refractivity contribution in [3.05, 3.63) is 71.8 Å². The molecule has 0 aromatic heterocycles. The highest BCUT2D eigenvalue weighted by Gasteiger charge is 2.31. The summed E-state index contributed by atoms with van der Waals surface area (Å²) in [5, 5.41) is 3.27. The Morgan fingerprint density at radius 3 is 2.13 bits per heavy atom. The van der Waals surface area contributed by atoms with Crippen LogP contribution in [0.2, 0.25) is 0 Å². The molecule has 1 saturated carbocycles. The number of carbonyl (C=O) groups excluding carboxylic acids is 2. The Bertz CT molecular complexity index is 785. The lowest BCUT2D eigenvalue weighted by molar-refractivity contribution is -0.141. The summed E-state index contributed by atoms with van der Waals surface area (Å²) in [6.07, 6.45) is 7.39. The summed E-state index contributed by atoms with van der Waals surface area (Å²) in [5.74, 6) is 0.0206. The lowest BCUT2D eigenvalue weighted by Crippen LogP contribution is -2.52. The molecule has 1 atom stereocenters. The average molecular weight is 407 g/mol. The second-order valence-electron chi connectivity index (χ2n) is 8.31. The largest absolute Gasteiger partial charge is 0.352 e. The Kier molecular flexibility index (Phi) is 8.49. The first-order valence-corrected chi connectivity index (χ1v) is 11.3. The molecular formula is C26H34N2O2. The first-order valence-electron chi connectivity index (χ1n) is 11.3. The fourth-order valence-electron chi connectivity index (χ4n) is 4.24. The van der Waals surface area contributed by atoms with E-state index in [9.17, 15) is 9.59 Å². The zero-order valence-corrected chi connectivity index (χ0v) is 18.1. The van der Waals surface area contributed by atoms with E-state index in [0.29, 0.717) is 19.4 Å². The predicted octanol–water partition coefficient (Wildman–Crippen LogP) is 4.88. The van der Waals surface area contributed by atoms with Crippen molar-refractivity contribution in [1.29, 1.82) is 0 Å². The molecule has 0 aliphatic heterocycles. The number of nitrogens with one attached hydrogen (secondary N) is 1. The second kappa shape index (κ2) is 11.5. The van der Waals surface area contributed by atoms with Gasteiger partial charge in [0.05, 0.1) is 0 Å². The molecule has 2 aromatic carbocycles. The molecule has 2 aromatic rings. The van der Waals surface area contributed by atoms with Crippen LogP contribution in [-0.2, 0) is 22.6 Å². The molecule has 0 saturated heterocycles. The number of benzene rings is 2. The number of rotatable bonds is 9. The molecule has 0 radical (unpaired) electrons. The lowest BCUT2D eigenvalue weighted by Gasteiger charge is -2.33. The van der Waals surface area contributed by atoms with E-state index < -0.39 is 6.04 Å². The summed E-state index contributed by atoms with van der Waals surface area (Å²) < 4.78 is 0. The topological polar surface area (TPSA) is 49.4 Å². The Morgan fingerprint density at radius 1 is 0.933 bits per heavy atom. The summed E-state index contributed by atoms with van der Waals surface area (Å²) in [7, 11) is 0. The molecule has 1 N–H and O–H groups in total. The summed E-state index contributed by atoms with van der Waals surface area (Å²) in [6.45, 7) is 2.46. The zero-order chi connectivity index (χ0) is 21.2. The van der Waals surface area contributed by atoms with Crippen LogP contribution >= 0.6 is 0 Å². The van der Waals surface area contributed by atoms with Gasteiger partial charge in [-0.25, -0.2) is 0 Å².